The number of hydroxylamine groups is 1. The molecule has 3 rings (SSSR count). The summed E-state index contributed by atoms with van der Waals surface area (Å²) in [4.78, 5) is 0. The van der Waals surface area contributed by atoms with Gasteiger partial charge in [-0.3, -0.25) is 0 Å². The molecular formula is C22H29FN2O4S. The van der Waals surface area contributed by atoms with Crippen molar-refractivity contribution >= 4 is 10.0 Å². The quantitative estimate of drug-likeness (QED) is 0.619. The van der Waals surface area contributed by atoms with Crippen molar-refractivity contribution in [1.29, 1.82) is 0 Å². The molecule has 8 heteroatoms. The number of halogens is 1. The zero-order valence-corrected chi connectivity index (χ0v) is 18.2. The fourth-order valence-corrected chi connectivity index (χ4v) is 5.31. The summed E-state index contributed by atoms with van der Waals surface area (Å²) in [6.07, 6.45) is 1.44. The lowest BCUT2D eigenvalue weighted by Crippen LogP contribution is -2.43. The second kappa shape index (κ2) is 9.87. The first-order valence-electron chi connectivity index (χ1n) is 10.1. The standard InChI is InChI=1S/C22H29FN2O4S/c1-16-3-4-17(2)22(13-16)29-14-18-9-11-25(12-10-18)30(27,28)15-21(24-26)19-5-7-20(23)8-6-19/h3-8,13,18,21,24,26H,9-12,14-15H2,1-2H3. The molecule has 1 unspecified atom stereocenters. The first-order chi connectivity index (χ1) is 14.3. The van der Waals surface area contributed by atoms with Gasteiger partial charge in [0.1, 0.15) is 11.6 Å². The average Bonchev–Trinajstić information content (AvgIpc) is 2.73. The van der Waals surface area contributed by atoms with Crippen molar-refractivity contribution in [3.05, 3.63) is 65.0 Å². The molecule has 2 aromatic rings. The van der Waals surface area contributed by atoms with Crippen molar-refractivity contribution in [2.75, 3.05) is 25.4 Å². The number of nitrogens with zero attached hydrogens (tertiary/aromatic N) is 1. The highest BCUT2D eigenvalue weighted by atomic mass is 32.2. The number of sulfonamides is 1. The smallest absolute Gasteiger partial charge is 0.216 e. The van der Waals surface area contributed by atoms with Crippen LogP contribution in [0.1, 0.15) is 35.6 Å². The summed E-state index contributed by atoms with van der Waals surface area (Å²) in [7, 11) is -3.58. The van der Waals surface area contributed by atoms with Crippen LogP contribution in [0.2, 0.25) is 0 Å². The molecule has 2 N–H and O–H groups in total. The van der Waals surface area contributed by atoms with Crippen LogP contribution >= 0.6 is 0 Å². The molecule has 0 amide bonds. The van der Waals surface area contributed by atoms with E-state index in [1.165, 1.54) is 28.6 Å². The van der Waals surface area contributed by atoms with E-state index in [-0.39, 0.29) is 5.75 Å². The van der Waals surface area contributed by atoms with Crippen LogP contribution in [0.25, 0.3) is 0 Å². The summed E-state index contributed by atoms with van der Waals surface area (Å²) in [5.41, 5.74) is 4.79. The molecule has 164 valence electrons. The van der Waals surface area contributed by atoms with Gasteiger partial charge in [0.25, 0.3) is 0 Å². The van der Waals surface area contributed by atoms with Gasteiger partial charge in [0.2, 0.25) is 10.0 Å². The van der Waals surface area contributed by atoms with Crippen LogP contribution in [-0.4, -0.2) is 43.4 Å². The molecule has 30 heavy (non-hydrogen) atoms. The molecule has 0 saturated carbocycles. The molecule has 2 aromatic carbocycles. The summed E-state index contributed by atoms with van der Waals surface area (Å²) in [5.74, 6) is 0.462. The van der Waals surface area contributed by atoms with Gasteiger partial charge in [-0.1, -0.05) is 24.3 Å². The Kier molecular flexibility index (Phi) is 7.46. The highest BCUT2D eigenvalue weighted by Crippen LogP contribution is 2.25. The average molecular weight is 437 g/mol. The van der Waals surface area contributed by atoms with Crippen LogP contribution < -0.4 is 10.2 Å². The topological polar surface area (TPSA) is 78.9 Å². The number of benzene rings is 2. The fourth-order valence-electron chi connectivity index (χ4n) is 3.64. The Morgan fingerprint density at radius 2 is 1.83 bits per heavy atom. The molecule has 1 aliphatic heterocycles. The lowest BCUT2D eigenvalue weighted by Gasteiger charge is -2.32. The Hall–Kier alpha value is -2.00. The number of piperidine rings is 1. The van der Waals surface area contributed by atoms with E-state index in [0.29, 0.717) is 31.2 Å². The van der Waals surface area contributed by atoms with E-state index in [4.69, 9.17) is 4.74 Å². The lowest BCUT2D eigenvalue weighted by molar-refractivity contribution is 0.133. The molecule has 0 bridgehead atoms. The van der Waals surface area contributed by atoms with Crippen molar-refractivity contribution in [3.8, 4) is 5.75 Å². The first kappa shape index (κ1) is 22.7. The summed E-state index contributed by atoms with van der Waals surface area (Å²) in [6.45, 7) is 5.44. The molecule has 1 heterocycles. The zero-order chi connectivity index (χ0) is 21.7. The second-order valence-corrected chi connectivity index (χ2v) is 9.95. The van der Waals surface area contributed by atoms with Crippen LogP contribution in [0.4, 0.5) is 4.39 Å². The van der Waals surface area contributed by atoms with Gasteiger partial charge < -0.3 is 9.94 Å². The molecule has 1 fully saturated rings. The minimum Gasteiger partial charge on any atom is -0.493 e. The Balaban J connectivity index is 1.54. The van der Waals surface area contributed by atoms with Crippen LogP contribution in [0, 0.1) is 25.6 Å². The van der Waals surface area contributed by atoms with Gasteiger partial charge in [-0.05, 0) is 67.5 Å². The largest absolute Gasteiger partial charge is 0.493 e. The van der Waals surface area contributed by atoms with Gasteiger partial charge in [-0.25, -0.2) is 17.1 Å². The number of hydrogen-bond donors (Lipinski definition) is 2. The fraction of sp³-hybridized carbons (Fsp3) is 0.455. The zero-order valence-electron chi connectivity index (χ0n) is 17.3. The van der Waals surface area contributed by atoms with Gasteiger partial charge in [0.15, 0.2) is 0 Å². The summed E-state index contributed by atoms with van der Waals surface area (Å²) in [6, 6.07) is 10.7. The Labute approximate surface area is 177 Å². The molecule has 0 radical (unpaired) electrons. The minimum atomic E-state index is -3.58. The summed E-state index contributed by atoms with van der Waals surface area (Å²) in [5, 5.41) is 9.43. The highest BCUT2D eigenvalue weighted by molar-refractivity contribution is 7.89. The predicted octanol–water partition coefficient (Wildman–Crippen LogP) is 3.58. The number of ether oxygens (including phenoxy) is 1. The number of aryl methyl sites for hydroxylation is 2. The maximum atomic E-state index is 13.1. The molecule has 1 aliphatic rings. The Bertz CT molecular complexity index is 942. The predicted molar refractivity (Wildman–Crippen MR) is 114 cm³/mol. The van der Waals surface area contributed by atoms with Crippen molar-refractivity contribution in [3.63, 3.8) is 0 Å². The van der Waals surface area contributed by atoms with E-state index in [0.717, 1.165) is 29.7 Å². The van der Waals surface area contributed by atoms with Crippen LogP contribution in [0.5, 0.6) is 5.75 Å². The van der Waals surface area contributed by atoms with Crippen molar-refractivity contribution < 1.29 is 22.8 Å². The molecule has 1 saturated heterocycles. The number of nitrogens with one attached hydrogen (secondary N) is 1. The van der Waals surface area contributed by atoms with E-state index >= 15 is 0 Å². The summed E-state index contributed by atoms with van der Waals surface area (Å²) >= 11 is 0. The minimum absolute atomic E-state index is 0.292. The molecular weight excluding hydrogens is 407 g/mol. The molecule has 0 aliphatic carbocycles. The number of hydrogen-bond acceptors (Lipinski definition) is 5. The normalized spacial score (nSPS) is 17.1. The van der Waals surface area contributed by atoms with Gasteiger partial charge >= 0.3 is 0 Å². The van der Waals surface area contributed by atoms with Gasteiger partial charge in [-0.15, -0.1) is 0 Å². The van der Waals surface area contributed by atoms with E-state index in [1.807, 2.05) is 37.5 Å². The molecule has 0 aromatic heterocycles. The Morgan fingerprint density at radius 1 is 1.17 bits per heavy atom. The SMILES string of the molecule is Cc1ccc(C)c(OCC2CCN(S(=O)(=O)CC(NO)c3ccc(F)cc3)CC2)c1. The van der Waals surface area contributed by atoms with Crippen molar-refractivity contribution in [2.45, 2.75) is 32.7 Å². The second-order valence-electron chi connectivity index (χ2n) is 7.93. The van der Waals surface area contributed by atoms with E-state index in [2.05, 4.69) is 0 Å². The highest BCUT2D eigenvalue weighted by Gasteiger charge is 2.31. The van der Waals surface area contributed by atoms with E-state index < -0.39 is 21.9 Å². The van der Waals surface area contributed by atoms with Crippen LogP contribution in [0.15, 0.2) is 42.5 Å². The third-order valence-electron chi connectivity index (χ3n) is 5.59. The van der Waals surface area contributed by atoms with Gasteiger partial charge in [0.05, 0.1) is 18.4 Å². The number of rotatable bonds is 8. The first-order valence-corrected chi connectivity index (χ1v) is 11.7. The summed E-state index contributed by atoms with van der Waals surface area (Å²) < 4.78 is 46.2. The third-order valence-corrected chi connectivity index (χ3v) is 7.50. The monoisotopic (exact) mass is 436 g/mol. The van der Waals surface area contributed by atoms with Gasteiger partial charge in [-0.2, -0.15) is 5.48 Å². The van der Waals surface area contributed by atoms with Gasteiger partial charge in [0, 0.05) is 13.1 Å². The third kappa shape index (κ3) is 5.78. The lowest BCUT2D eigenvalue weighted by atomic mass is 9.99. The molecule has 6 nitrogen and oxygen atoms in total. The van der Waals surface area contributed by atoms with Crippen LogP contribution in [-0.2, 0) is 10.0 Å². The van der Waals surface area contributed by atoms with Crippen molar-refractivity contribution in [1.82, 2.24) is 9.79 Å². The van der Waals surface area contributed by atoms with E-state index in [1.54, 1.807) is 0 Å². The maximum absolute atomic E-state index is 13.1. The molecule has 1 atom stereocenters. The van der Waals surface area contributed by atoms with Crippen LogP contribution in [0.3, 0.4) is 0 Å². The molecule has 0 spiro atoms. The van der Waals surface area contributed by atoms with Crippen molar-refractivity contribution in [2.24, 2.45) is 5.92 Å². The maximum Gasteiger partial charge on any atom is 0.216 e. The Morgan fingerprint density at radius 3 is 2.47 bits per heavy atom. The van der Waals surface area contributed by atoms with E-state index in [9.17, 15) is 18.0 Å².